The summed E-state index contributed by atoms with van der Waals surface area (Å²) in [5.41, 5.74) is 9.96. The first kappa shape index (κ1) is 20.2. The summed E-state index contributed by atoms with van der Waals surface area (Å²) in [5, 5.41) is 2.55. The summed E-state index contributed by atoms with van der Waals surface area (Å²) < 4.78 is 0. The van der Waals surface area contributed by atoms with Crippen molar-refractivity contribution in [1.29, 1.82) is 0 Å². The molecule has 0 fully saturated rings. The predicted molar refractivity (Wildman–Crippen MR) is 146 cm³/mol. The number of hydrogen-bond donors (Lipinski definition) is 0. The smallest absolute Gasteiger partial charge is 0.00268 e. The van der Waals surface area contributed by atoms with Gasteiger partial charge in [0.1, 0.15) is 0 Å². The number of fused-ring (bicyclic) bond motifs is 1. The van der Waals surface area contributed by atoms with Gasteiger partial charge in [0.05, 0.1) is 0 Å². The molecule has 0 spiro atoms. The van der Waals surface area contributed by atoms with E-state index in [1.807, 2.05) is 0 Å². The van der Waals surface area contributed by atoms with E-state index in [1.54, 1.807) is 0 Å². The van der Waals surface area contributed by atoms with Crippen LogP contribution in [0, 0.1) is 0 Å². The Morgan fingerprint density at radius 3 is 1.00 bits per heavy atom. The molecule has 0 aromatic heterocycles. The Bertz CT molecular complexity index is 1430. The molecule has 0 aliphatic carbocycles. The summed E-state index contributed by atoms with van der Waals surface area (Å²) in [7, 11) is 0. The topological polar surface area (TPSA) is 0 Å². The largest absolute Gasteiger partial charge is 0.0622 e. The van der Waals surface area contributed by atoms with E-state index in [4.69, 9.17) is 0 Å². The Morgan fingerprint density at radius 2 is 0.588 bits per heavy atom. The first-order valence-corrected chi connectivity index (χ1v) is 11.7. The van der Waals surface area contributed by atoms with Gasteiger partial charge >= 0.3 is 0 Å². The highest BCUT2D eigenvalue weighted by atomic mass is 14.1. The second-order valence-electron chi connectivity index (χ2n) is 8.60. The molecule has 6 aromatic carbocycles. The van der Waals surface area contributed by atoms with Gasteiger partial charge < -0.3 is 0 Å². The van der Waals surface area contributed by atoms with E-state index in [1.165, 1.54) is 55.3 Å². The molecule has 0 heterocycles. The van der Waals surface area contributed by atoms with Crippen LogP contribution in [-0.2, 0) is 0 Å². The molecular weight excluding hydrogens is 408 g/mol. The molecular formula is C34H24. The lowest BCUT2D eigenvalue weighted by atomic mass is 9.90. The minimum atomic E-state index is 1.23. The molecule has 0 saturated heterocycles. The third kappa shape index (κ3) is 3.80. The average molecular weight is 433 g/mol. The van der Waals surface area contributed by atoms with Gasteiger partial charge in [-0.25, -0.2) is 0 Å². The van der Waals surface area contributed by atoms with E-state index >= 15 is 0 Å². The van der Waals surface area contributed by atoms with Crippen molar-refractivity contribution in [1.82, 2.24) is 0 Å². The third-order valence-electron chi connectivity index (χ3n) is 6.51. The summed E-state index contributed by atoms with van der Waals surface area (Å²) in [6.45, 7) is 0. The first-order chi connectivity index (χ1) is 16.9. The van der Waals surface area contributed by atoms with Gasteiger partial charge in [-0.15, -0.1) is 0 Å². The van der Waals surface area contributed by atoms with Crippen molar-refractivity contribution in [3.63, 3.8) is 0 Å². The monoisotopic (exact) mass is 432 g/mol. The van der Waals surface area contributed by atoms with Crippen molar-refractivity contribution in [2.45, 2.75) is 0 Å². The lowest BCUT2D eigenvalue weighted by Crippen LogP contribution is -1.87. The van der Waals surface area contributed by atoms with Gasteiger partial charge in [-0.2, -0.15) is 0 Å². The number of hydrogen-bond acceptors (Lipinski definition) is 0. The molecule has 34 heavy (non-hydrogen) atoms. The lowest BCUT2D eigenvalue weighted by molar-refractivity contribution is 1.59. The van der Waals surface area contributed by atoms with Crippen LogP contribution < -0.4 is 0 Å². The van der Waals surface area contributed by atoms with Gasteiger partial charge in [-0.1, -0.05) is 146 Å². The zero-order chi connectivity index (χ0) is 22.7. The molecule has 0 bridgehead atoms. The standard InChI is InChI=1S/C34H24/c1-3-9-25(10-4-1)27-17-21-29(22-18-27)32-15-7-13-31-14-8-16-33(34(31)32)30-23-19-28(20-24-30)26-11-5-2-6-12-26/h1-24H. The van der Waals surface area contributed by atoms with Crippen LogP contribution in [0.4, 0.5) is 0 Å². The first-order valence-electron chi connectivity index (χ1n) is 11.7. The van der Waals surface area contributed by atoms with E-state index < -0.39 is 0 Å². The molecule has 6 aromatic rings. The molecule has 0 nitrogen and oxygen atoms in total. The quantitative estimate of drug-likeness (QED) is 0.260. The summed E-state index contributed by atoms with van der Waals surface area (Å²) in [6, 6.07) is 52.2. The van der Waals surface area contributed by atoms with Gasteiger partial charge in [0, 0.05) is 0 Å². The van der Waals surface area contributed by atoms with Crippen LogP contribution in [0.1, 0.15) is 0 Å². The summed E-state index contributed by atoms with van der Waals surface area (Å²) in [6.07, 6.45) is 0. The maximum absolute atomic E-state index is 2.24. The van der Waals surface area contributed by atoms with Gasteiger partial charge in [0.15, 0.2) is 0 Å². The zero-order valence-electron chi connectivity index (χ0n) is 18.9. The Balaban J connectivity index is 1.44. The van der Waals surface area contributed by atoms with Crippen LogP contribution in [0.15, 0.2) is 146 Å². The Hall–Kier alpha value is -4.42. The number of rotatable bonds is 4. The highest BCUT2D eigenvalue weighted by Gasteiger charge is 2.11. The van der Waals surface area contributed by atoms with Gasteiger partial charge in [-0.05, 0) is 55.3 Å². The van der Waals surface area contributed by atoms with Crippen LogP contribution in [0.3, 0.4) is 0 Å². The van der Waals surface area contributed by atoms with Crippen LogP contribution in [0.25, 0.3) is 55.3 Å². The van der Waals surface area contributed by atoms with Gasteiger partial charge in [0.2, 0.25) is 0 Å². The van der Waals surface area contributed by atoms with Crippen LogP contribution in [-0.4, -0.2) is 0 Å². The fraction of sp³-hybridized carbons (Fsp3) is 0. The second kappa shape index (κ2) is 8.84. The summed E-state index contributed by atoms with van der Waals surface area (Å²) in [5.74, 6) is 0. The van der Waals surface area contributed by atoms with Crippen LogP contribution in [0.2, 0.25) is 0 Å². The van der Waals surface area contributed by atoms with Crippen molar-refractivity contribution in [2.75, 3.05) is 0 Å². The molecule has 0 N–H and O–H groups in total. The molecule has 0 heteroatoms. The number of benzene rings is 6. The van der Waals surface area contributed by atoms with E-state index in [9.17, 15) is 0 Å². The van der Waals surface area contributed by atoms with Crippen molar-refractivity contribution < 1.29 is 0 Å². The van der Waals surface area contributed by atoms with E-state index in [2.05, 4.69) is 146 Å². The maximum Gasteiger partial charge on any atom is -0.00268 e. The Labute approximate surface area is 200 Å². The normalized spacial score (nSPS) is 10.9. The lowest BCUT2D eigenvalue weighted by Gasteiger charge is -2.14. The zero-order valence-corrected chi connectivity index (χ0v) is 18.9. The molecule has 0 unspecified atom stereocenters. The third-order valence-corrected chi connectivity index (χ3v) is 6.51. The maximum atomic E-state index is 2.24. The fourth-order valence-corrected chi connectivity index (χ4v) is 4.77. The molecule has 0 aliphatic heterocycles. The highest BCUT2D eigenvalue weighted by Crippen LogP contribution is 2.37. The van der Waals surface area contributed by atoms with E-state index in [0.717, 1.165) is 0 Å². The van der Waals surface area contributed by atoms with E-state index in [0.29, 0.717) is 0 Å². The highest BCUT2D eigenvalue weighted by molar-refractivity contribution is 6.06. The van der Waals surface area contributed by atoms with Crippen molar-refractivity contribution in [3.8, 4) is 44.5 Å². The minimum absolute atomic E-state index is 1.23. The summed E-state index contributed by atoms with van der Waals surface area (Å²) in [4.78, 5) is 0. The SMILES string of the molecule is c1ccc(-c2ccc(-c3cccc4cccc(-c5ccc(-c6ccccc6)cc5)c34)cc2)cc1. The molecule has 6 rings (SSSR count). The van der Waals surface area contributed by atoms with Crippen molar-refractivity contribution in [2.24, 2.45) is 0 Å². The van der Waals surface area contributed by atoms with E-state index in [-0.39, 0.29) is 0 Å². The molecule has 0 aliphatic rings. The molecule has 0 amide bonds. The second-order valence-corrected chi connectivity index (χ2v) is 8.60. The van der Waals surface area contributed by atoms with Gasteiger partial charge in [-0.3, -0.25) is 0 Å². The van der Waals surface area contributed by atoms with Crippen LogP contribution in [0.5, 0.6) is 0 Å². The Kier molecular flexibility index (Phi) is 5.26. The fourth-order valence-electron chi connectivity index (χ4n) is 4.77. The molecule has 160 valence electrons. The van der Waals surface area contributed by atoms with Gasteiger partial charge in [0.25, 0.3) is 0 Å². The molecule has 0 radical (unpaired) electrons. The average Bonchev–Trinajstić information content (AvgIpc) is 2.93. The Morgan fingerprint density at radius 1 is 0.235 bits per heavy atom. The van der Waals surface area contributed by atoms with Crippen LogP contribution >= 0.6 is 0 Å². The predicted octanol–water partition coefficient (Wildman–Crippen LogP) is 9.51. The van der Waals surface area contributed by atoms with Crippen molar-refractivity contribution in [3.05, 3.63) is 146 Å². The molecule has 0 saturated carbocycles. The molecule has 0 atom stereocenters. The minimum Gasteiger partial charge on any atom is -0.0622 e. The van der Waals surface area contributed by atoms with Crippen molar-refractivity contribution >= 4 is 10.8 Å². The summed E-state index contributed by atoms with van der Waals surface area (Å²) >= 11 is 0.